The third kappa shape index (κ3) is 3.83. The zero-order valence-electron chi connectivity index (χ0n) is 12.2. The molecule has 2 saturated carbocycles. The van der Waals surface area contributed by atoms with Crippen molar-refractivity contribution in [1.82, 2.24) is 0 Å². The summed E-state index contributed by atoms with van der Waals surface area (Å²) in [5, 5.41) is 0. The van der Waals surface area contributed by atoms with Gasteiger partial charge >= 0.3 is 0 Å². The molecule has 18 heavy (non-hydrogen) atoms. The van der Waals surface area contributed by atoms with Gasteiger partial charge in [0.1, 0.15) is 6.29 Å². The van der Waals surface area contributed by atoms with Crippen LogP contribution in [0.4, 0.5) is 0 Å². The van der Waals surface area contributed by atoms with Gasteiger partial charge in [-0.15, -0.1) is 0 Å². The fraction of sp³-hybridized carbons (Fsp3) is 0.941. The molecule has 0 aromatic rings. The lowest BCUT2D eigenvalue weighted by atomic mass is 9.72. The van der Waals surface area contributed by atoms with Crippen molar-refractivity contribution >= 4 is 6.29 Å². The molecule has 104 valence electrons. The monoisotopic (exact) mass is 250 g/mol. The Morgan fingerprint density at radius 1 is 0.944 bits per heavy atom. The van der Waals surface area contributed by atoms with Crippen LogP contribution in [0.15, 0.2) is 0 Å². The van der Waals surface area contributed by atoms with Crippen molar-refractivity contribution in [1.29, 1.82) is 0 Å². The molecule has 0 amide bonds. The maximum Gasteiger partial charge on any atom is 0.123 e. The summed E-state index contributed by atoms with van der Waals surface area (Å²) in [6, 6.07) is 0. The van der Waals surface area contributed by atoms with E-state index in [9.17, 15) is 4.79 Å². The average molecular weight is 250 g/mol. The largest absolute Gasteiger partial charge is 0.303 e. The van der Waals surface area contributed by atoms with Crippen molar-refractivity contribution < 1.29 is 4.79 Å². The highest BCUT2D eigenvalue weighted by atomic mass is 16.1. The normalized spacial score (nSPS) is 41.6. The predicted octanol–water partition coefficient (Wildman–Crippen LogP) is 4.84. The van der Waals surface area contributed by atoms with Gasteiger partial charge in [-0.2, -0.15) is 0 Å². The van der Waals surface area contributed by atoms with Gasteiger partial charge in [0.15, 0.2) is 0 Å². The van der Waals surface area contributed by atoms with Crippen LogP contribution in [0.5, 0.6) is 0 Å². The molecular formula is C17H30O. The SMILES string of the molecule is CC1CCC(CCC2CCC(C=O)CC2)C(C)C1. The summed E-state index contributed by atoms with van der Waals surface area (Å²) in [4.78, 5) is 10.7. The first-order valence-corrected chi connectivity index (χ1v) is 8.14. The minimum atomic E-state index is 0.385. The van der Waals surface area contributed by atoms with Crippen LogP contribution in [0.2, 0.25) is 0 Å². The molecule has 0 bridgehead atoms. The zero-order valence-corrected chi connectivity index (χ0v) is 12.2. The summed E-state index contributed by atoms with van der Waals surface area (Å²) in [7, 11) is 0. The van der Waals surface area contributed by atoms with Crippen molar-refractivity contribution in [2.24, 2.45) is 29.6 Å². The number of hydrogen-bond acceptors (Lipinski definition) is 1. The Kier molecular flexibility index (Phi) is 5.26. The lowest BCUT2D eigenvalue weighted by molar-refractivity contribution is -0.112. The van der Waals surface area contributed by atoms with E-state index in [0.717, 1.165) is 36.5 Å². The molecule has 3 atom stereocenters. The fourth-order valence-corrected chi connectivity index (χ4v) is 4.22. The Hall–Kier alpha value is -0.330. The van der Waals surface area contributed by atoms with E-state index in [4.69, 9.17) is 0 Å². The third-order valence-electron chi connectivity index (χ3n) is 5.64. The van der Waals surface area contributed by atoms with Crippen LogP contribution in [0.3, 0.4) is 0 Å². The summed E-state index contributed by atoms with van der Waals surface area (Å²) in [6.07, 6.45) is 13.3. The van der Waals surface area contributed by atoms with Crippen molar-refractivity contribution in [2.75, 3.05) is 0 Å². The van der Waals surface area contributed by atoms with E-state index < -0.39 is 0 Å². The minimum Gasteiger partial charge on any atom is -0.303 e. The first-order valence-electron chi connectivity index (χ1n) is 8.14. The van der Waals surface area contributed by atoms with Gasteiger partial charge in [-0.3, -0.25) is 0 Å². The van der Waals surface area contributed by atoms with Crippen molar-refractivity contribution in [2.45, 2.75) is 71.6 Å². The summed E-state index contributed by atoms with van der Waals surface area (Å²) in [5.41, 5.74) is 0. The van der Waals surface area contributed by atoms with Gasteiger partial charge in [0.2, 0.25) is 0 Å². The highest BCUT2D eigenvalue weighted by Crippen LogP contribution is 2.38. The second kappa shape index (κ2) is 6.73. The van der Waals surface area contributed by atoms with Gasteiger partial charge in [-0.1, -0.05) is 26.7 Å². The molecule has 0 N–H and O–H groups in total. The minimum absolute atomic E-state index is 0.385. The van der Waals surface area contributed by atoms with Crippen LogP contribution in [0, 0.1) is 29.6 Å². The van der Waals surface area contributed by atoms with Crippen LogP contribution in [0.25, 0.3) is 0 Å². The Morgan fingerprint density at radius 2 is 1.67 bits per heavy atom. The number of carbonyl (C=O) groups is 1. The molecule has 2 aliphatic carbocycles. The molecule has 1 heteroatoms. The second-order valence-corrected chi connectivity index (χ2v) is 7.15. The highest BCUT2D eigenvalue weighted by Gasteiger charge is 2.27. The molecule has 0 aromatic heterocycles. The number of carbonyl (C=O) groups excluding carboxylic acids is 1. The molecule has 0 aliphatic heterocycles. The fourth-order valence-electron chi connectivity index (χ4n) is 4.22. The van der Waals surface area contributed by atoms with E-state index in [1.165, 1.54) is 51.2 Å². The maximum absolute atomic E-state index is 10.7. The van der Waals surface area contributed by atoms with E-state index in [1.54, 1.807) is 0 Å². The van der Waals surface area contributed by atoms with Crippen LogP contribution in [0.1, 0.15) is 71.6 Å². The molecule has 0 aromatic carbocycles. The van der Waals surface area contributed by atoms with Gasteiger partial charge in [-0.05, 0) is 68.6 Å². The predicted molar refractivity (Wildman–Crippen MR) is 76.4 cm³/mol. The van der Waals surface area contributed by atoms with Crippen LogP contribution in [-0.2, 0) is 4.79 Å². The lowest BCUT2D eigenvalue weighted by Gasteiger charge is -2.34. The van der Waals surface area contributed by atoms with E-state index >= 15 is 0 Å². The summed E-state index contributed by atoms with van der Waals surface area (Å²) in [6.45, 7) is 4.87. The van der Waals surface area contributed by atoms with E-state index in [2.05, 4.69) is 13.8 Å². The first kappa shape index (κ1) is 14.1. The molecule has 2 rings (SSSR count). The standard InChI is InChI=1S/C17H30O/c1-13-3-9-17(14(2)11-13)10-8-15-4-6-16(12-18)7-5-15/h12-17H,3-11H2,1-2H3. The Morgan fingerprint density at radius 3 is 2.28 bits per heavy atom. The number of aldehydes is 1. The first-order chi connectivity index (χ1) is 8.69. The molecule has 2 aliphatic rings. The molecule has 0 radical (unpaired) electrons. The van der Waals surface area contributed by atoms with Gasteiger partial charge in [0.25, 0.3) is 0 Å². The van der Waals surface area contributed by atoms with Crippen LogP contribution >= 0.6 is 0 Å². The van der Waals surface area contributed by atoms with Gasteiger partial charge < -0.3 is 4.79 Å². The molecule has 0 saturated heterocycles. The number of rotatable bonds is 4. The van der Waals surface area contributed by atoms with Gasteiger partial charge in [0, 0.05) is 5.92 Å². The maximum atomic E-state index is 10.7. The molecule has 0 spiro atoms. The average Bonchev–Trinajstić information content (AvgIpc) is 2.38. The summed E-state index contributed by atoms with van der Waals surface area (Å²) in [5.74, 6) is 4.20. The van der Waals surface area contributed by atoms with Crippen molar-refractivity contribution in [3.05, 3.63) is 0 Å². The van der Waals surface area contributed by atoms with Crippen LogP contribution in [-0.4, -0.2) is 6.29 Å². The molecule has 0 heterocycles. The highest BCUT2D eigenvalue weighted by molar-refractivity contribution is 5.53. The third-order valence-corrected chi connectivity index (χ3v) is 5.64. The molecule has 2 fully saturated rings. The van der Waals surface area contributed by atoms with E-state index in [0.29, 0.717) is 5.92 Å². The Bertz CT molecular complexity index is 252. The summed E-state index contributed by atoms with van der Waals surface area (Å²) < 4.78 is 0. The van der Waals surface area contributed by atoms with Crippen molar-refractivity contribution in [3.63, 3.8) is 0 Å². The Balaban J connectivity index is 1.67. The van der Waals surface area contributed by atoms with Gasteiger partial charge in [-0.25, -0.2) is 0 Å². The quantitative estimate of drug-likeness (QED) is 0.652. The number of hydrogen-bond donors (Lipinski definition) is 0. The molecular weight excluding hydrogens is 220 g/mol. The zero-order chi connectivity index (χ0) is 13.0. The smallest absolute Gasteiger partial charge is 0.123 e. The van der Waals surface area contributed by atoms with Crippen molar-refractivity contribution in [3.8, 4) is 0 Å². The van der Waals surface area contributed by atoms with Gasteiger partial charge in [0.05, 0.1) is 0 Å². The Labute approximate surface area is 113 Å². The van der Waals surface area contributed by atoms with Crippen LogP contribution < -0.4 is 0 Å². The van der Waals surface area contributed by atoms with E-state index in [-0.39, 0.29) is 0 Å². The topological polar surface area (TPSA) is 17.1 Å². The molecule has 1 nitrogen and oxygen atoms in total. The molecule has 3 unspecified atom stereocenters. The second-order valence-electron chi connectivity index (χ2n) is 7.15. The lowest BCUT2D eigenvalue weighted by Crippen LogP contribution is -2.23. The van der Waals surface area contributed by atoms with E-state index in [1.807, 2.05) is 0 Å². The summed E-state index contributed by atoms with van der Waals surface area (Å²) >= 11 is 0.